The lowest BCUT2D eigenvalue weighted by Crippen LogP contribution is -2.47. The molecule has 6 nitrogen and oxygen atoms in total. The largest absolute Gasteiger partial charge is 0.481 e. The number of ether oxygens (including phenoxy) is 1. The summed E-state index contributed by atoms with van der Waals surface area (Å²) in [4.78, 5) is 24.5. The highest BCUT2D eigenvalue weighted by atomic mass is 16.5. The lowest BCUT2D eigenvalue weighted by molar-refractivity contribution is -0.143. The van der Waals surface area contributed by atoms with Crippen LogP contribution in [0.15, 0.2) is 0 Å². The van der Waals surface area contributed by atoms with Crippen molar-refractivity contribution in [1.82, 2.24) is 10.2 Å². The van der Waals surface area contributed by atoms with E-state index in [0.29, 0.717) is 38.8 Å². The Morgan fingerprint density at radius 1 is 1.20 bits per heavy atom. The zero-order valence-corrected chi connectivity index (χ0v) is 11.8. The van der Waals surface area contributed by atoms with Crippen molar-refractivity contribution in [3.05, 3.63) is 0 Å². The van der Waals surface area contributed by atoms with Crippen LogP contribution in [0.2, 0.25) is 0 Å². The summed E-state index contributed by atoms with van der Waals surface area (Å²) in [5.74, 6) is -1.24. The van der Waals surface area contributed by atoms with E-state index in [2.05, 4.69) is 5.32 Å². The minimum Gasteiger partial charge on any atom is -0.481 e. The number of rotatable bonds is 5. The Morgan fingerprint density at radius 3 is 2.65 bits per heavy atom. The fourth-order valence-electron chi connectivity index (χ4n) is 2.91. The zero-order chi connectivity index (χ0) is 14.4. The smallest absolute Gasteiger partial charge is 0.317 e. The van der Waals surface area contributed by atoms with Crippen LogP contribution in [0.1, 0.15) is 38.5 Å². The normalized spacial score (nSPS) is 23.8. The summed E-state index contributed by atoms with van der Waals surface area (Å²) in [6, 6.07) is -0.175. The first kappa shape index (κ1) is 15.1. The molecule has 6 heteroatoms. The molecule has 2 fully saturated rings. The second-order valence-electron chi connectivity index (χ2n) is 5.63. The summed E-state index contributed by atoms with van der Waals surface area (Å²) in [7, 11) is 0. The van der Waals surface area contributed by atoms with Gasteiger partial charge >= 0.3 is 12.0 Å². The molecule has 114 valence electrons. The summed E-state index contributed by atoms with van der Waals surface area (Å²) >= 11 is 0. The topological polar surface area (TPSA) is 78.9 Å². The van der Waals surface area contributed by atoms with Gasteiger partial charge in [-0.2, -0.15) is 0 Å². The van der Waals surface area contributed by atoms with E-state index in [1.54, 1.807) is 4.90 Å². The maximum Gasteiger partial charge on any atom is 0.317 e. The van der Waals surface area contributed by atoms with Crippen LogP contribution in [-0.4, -0.2) is 54.4 Å². The van der Waals surface area contributed by atoms with Gasteiger partial charge in [0.05, 0.1) is 18.6 Å². The highest BCUT2D eigenvalue weighted by Gasteiger charge is 2.27. The van der Waals surface area contributed by atoms with Gasteiger partial charge in [-0.25, -0.2) is 4.79 Å². The molecular formula is C14H24N2O4. The van der Waals surface area contributed by atoms with Crippen molar-refractivity contribution in [1.29, 1.82) is 0 Å². The van der Waals surface area contributed by atoms with Gasteiger partial charge in [-0.3, -0.25) is 4.79 Å². The number of carboxylic acids is 1. The van der Waals surface area contributed by atoms with Crippen LogP contribution in [0.5, 0.6) is 0 Å². The van der Waals surface area contributed by atoms with E-state index in [0.717, 1.165) is 19.3 Å². The highest BCUT2D eigenvalue weighted by molar-refractivity contribution is 5.76. The number of likely N-dealkylation sites (tertiary alicyclic amines) is 1. The Kier molecular flexibility index (Phi) is 5.64. The molecule has 2 aliphatic rings. The third-order valence-electron chi connectivity index (χ3n) is 4.09. The molecule has 20 heavy (non-hydrogen) atoms. The van der Waals surface area contributed by atoms with E-state index in [9.17, 15) is 9.59 Å². The second kappa shape index (κ2) is 7.47. The molecule has 1 saturated heterocycles. The van der Waals surface area contributed by atoms with Crippen LogP contribution in [-0.2, 0) is 9.53 Å². The molecule has 1 heterocycles. The predicted molar refractivity (Wildman–Crippen MR) is 73.5 cm³/mol. The number of piperidine rings is 1. The molecule has 0 aromatic carbocycles. The Hall–Kier alpha value is -1.30. The minimum absolute atomic E-state index is 0.175. The molecule has 2 N–H and O–H groups in total. The first-order valence-electron chi connectivity index (χ1n) is 7.54. The fraction of sp³-hybridized carbons (Fsp3) is 0.857. The van der Waals surface area contributed by atoms with Crippen molar-refractivity contribution in [3.8, 4) is 0 Å². The van der Waals surface area contributed by atoms with Crippen molar-refractivity contribution in [2.45, 2.75) is 44.6 Å². The van der Waals surface area contributed by atoms with Crippen molar-refractivity contribution >= 4 is 12.0 Å². The molecule has 1 atom stereocenters. The maximum absolute atomic E-state index is 11.9. The molecule has 1 aliphatic heterocycles. The van der Waals surface area contributed by atoms with E-state index in [1.807, 2.05) is 0 Å². The van der Waals surface area contributed by atoms with E-state index in [1.165, 1.54) is 12.8 Å². The van der Waals surface area contributed by atoms with Crippen LogP contribution in [0, 0.1) is 5.92 Å². The molecule has 2 amide bonds. The van der Waals surface area contributed by atoms with Crippen LogP contribution < -0.4 is 5.32 Å². The summed E-state index contributed by atoms with van der Waals surface area (Å²) in [6.45, 7) is 1.97. The number of urea groups is 1. The van der Waals surface area contributed by atoms with E-state index in [-0.39, 0.29) is 6.03 Å². The van der Waals surface area contributed by atoms with Gasteiger partial charge in [-0.15, -0.1) is 0 Å². The molecule has 0 radical (unpaired) electrons. The van der Waals surface area contributed by atoms with Crippen molar-refractivity contribution in [3.63, 3.8) is 0 Å². The second-order valence-corrected chi connectivity index (χ2v) is 5.63. The molecule has 0 spiro atoms. The number of aliphatic carboxylic acids is 1. The lowest BCUT2D eigenvalue weighted by Gasteiger charge is -2.30. The molecule has 0 aromatic heterocycles. The third-order valence-corrected chi connectivity index (χ3v) is 4.09. The minimum atomic E-state index is -0.813. The Morgan fingerprint density at radius 2 is 1.95 bits per heavy atom. The first-order valence-corrected chi connectivity index (χ1v) is 7.54. The number of hydrogen-bond donors (Lipinski definition) is 2. The Balaban J connectivity index is 1.62. The molecular weight excluding hydrogens is 260 g/mol. The Bertz CT molecular complexity index is 342. The third kappa shape index (κ3) is 4.37. The molecule has 2 rings (SSSR count). The average molecular weight is 284 g/mol. The van der Waals surface area contributed by atoms with E-state index >= 15 is 0 Å². The van der Waals surface area contributed by atoms with Crippen LogP contribution in [0.4, 0.5) is 4.79 Å². The first-order chi connectivity index (χ1) is 9.66. The number of carbonyl (C=O) groups excluding carboxylic acids is 1. The van der Waals surface area contributed by atoms with Crippen molar-refractivity contribution < 1.29 is 19.4 Å². The number of nitrogens with one attached hydrogen (secondary N) is 1. The van der Waals surface area contributed by atoms with Gasteiger partial charge in [0.25, 0.3) is 0 Å². The van der Waals surface area contributed by atoms with Gasteiger partial charge in [0.1, 0.15) is 0 Å². The Labute approximate surface area is 119 Å². The standard InChI is InChI=1S/C14H24N2O4/c17-13(18)11-4-3-8-16(10-11)14(19)15-7-9-20-12-5-1-2-6-12/h11-12H,1-10H2,(H,15,19)(H,17,18)/t11-/m0/s1. The van der Waals surface area contributed by atoms with Crippen molar-refractivity contribution in [2.24, 2.45) is 5.92 Å². The zero-order valence-electron chi connectivity index (χ0n) is 11.8. The van der Waals surface area contributed by atoms with Gasteiger partial charge in [0, 0.05) is 19.6 Å². The van der Waals surface area contributed by atoms with Gasteiger partial charge in [-0.05, 0) is 25.7 Å². The molecule has 1 saturated carbocycles. The van der Waals surface area contributed by atoms with Gasteiger partial charge in [-0.1, -0.05) is 12.8 Å². The van der Waals surface area contributed by atoms with Gasteiger partial charge in [0.2, 0.25) is 0 Å². The quantitative estimate of drug-likeness (QED) is 0.749. The monoisotopic (exact) mass is 284 g/mol. The van der Waals surface area contributed by atoms with Gasteiger partial charge in [0.15, 0.2) is 0 Å². The maximum atomic E-state index is 11.9. The summed E-state index contributed by atoms with van der Waals surface area (Å²) in [6.07, 6.45) is 6.49. The van der Waals surface area contributed by atoms with E-state index in [4.69, 9.17) is 9.84 Å². The SMILES string of the molecule is O=C(O)[C@H]1CCCN(C(=O)NCCOC2CCCC2)C1. The predicted octanol–water partition coefficient (Wildman–Crippen LogP) is 1.45. The van der Waals surface area contributed by atoms with Crippen LogP contribution in [0.25, 0.3) is 0 Å². The number of carbonyl (C=O) groups is 2. The number of amides is 2. The molecule has 0 aromatic rings. The fourth-order valence-corrected chi connectivity index (χ4v) is 2.91. The number of hydrogen-bond acceptors (Lipinski definition) is 3. The molecule has 0 unspecified atom stereocenters. The van der Waals surface area contributed by atoms with Gasteiger partial charge < -0.3 is 20.1 Å². The van der Waals surface area contributed by atoms with Crippen LogP contribution in [0.3, 0.4) is 0 Å². The number of carboxylic acid groups (broad SMARTS) is 1. The number of nitrogens with zero attached hydrogens (tertiary/aromatic N) is 1. The summed E-state index contributed by atoms with van der Waals surface area (Å²) < 4.78 is 5.67. The summed E-state index contributed by atoms with van der Waals surface area (Å²) in [5.41, 5.74) is 0. The molecule has 1 aliphatic carbocycles. The molecule has 0 bridgehead atoms. The summed E-state index contributed by atoms with van der Waals surface area (Å²) in [5, 5.41) is 11.8. The van der Waals surface area contributed by atoms with Crippen molar-refractivity contribution in [2.75, 3.05) is 26.2 Å². The van der Waals surface area contributed by atoms with E-state index < -0.39 is 11.9 Å². The average Bonchev–Trinajstić information content (AvgIpc) is 2.96. The van der Waals surface area contributed by atoms with Crippen LogP contribution >= 0.6 is 0 Å². The highest BCUT2D eigenvalue weighted by Crippen LogP contribution is 2.20. The lowest BCUT2D eigenvalue weighted by atomic mass is 9.99.